The molecule has 0 aliphatic rings. The molecular formula is C9H10NaO5S+. The van der Waals surface area contributed by atoms with Gasteiger partial charge < -0.3 is 5.11 Å². The quantitative estimate of drug-likeness (QED) is 0.501. The number of hydrogen-bond donors (Lipinski definition) is 1. The topological polar surface area (TPSA) is 80.7 Å². The fourth-order valence-electron chi connectivity index (χ4n) is 0.987. The molecule has 0 aromatic heterocycles. The molecule has 16 heavy (non-hydrogen) atoms. The van der Waals surface area contributed by atoms with Crippen LogP contribution in [0.4, 0.5) is 0 Å². The zero-order valence-corrected chi connectivity index (χ0v) is 11.8. The molecule has 0 saturated heterocycles. The van der Waals surface area contributed by atoms with E-state index in [1.165, 1.54) is 24.3 Å². The summed E-state index contributed by atoms with van der Waals surface area (Å²) in [6.07, 6.45) is 0. The van der Waals surface area contributed by atoms with E-state index in [9.17, 15) is 13.2 Å². The average molecular weight is 253 g/mol. The zero-order valence-electron chi connectivity index (χ0n) is 9.00. The van der Waals surface area contributed by atoms with Crippen LogP contribution in [0.3, 0.4) is 0 Å². The summed E-state index contributed by atoms with van der Waals surface area (Å²) in [5.41, 5.74) is 0.0328. The van der Waals surface area contributed by atoms with Crippen LogP contribution in [0.25, 0.3) is 0 Å². The molecule has 0 heterocycles. The van der Waals surface area contributed by atoms with Gasteiger partial charge in [0.2, 0.25) is 0 Å². The maximum Gasteiger partial charge on any atom is 1.00 e. The molecule has 0 atom stereocenters. The van der Waals surface area contributed by atoms with Gasteiger partial charge in [-0.3, -0.25) is 4.18 Å². The van der Waals surface area contributed by atoms with E-state index < -0.39 is 16.1 Å². The number of rotatable bonds is 4. The van der Waals surface area contributed by atoms with Crippen LogP contribution >= 0.6 is 0 Å². The van der Waals surface area contributed by atoms with E-state index in [1.54, 1.807) is 6.92 Å². The molecule has 0 saturated carbocycles. The minimum Gasteiger partial charge on any atom is -0.478 e. The molecule has 0 bridgehead atoms. The first kappa shape index (κ1) is 15.6. The van der Waals surface area contributed by atoms with Crippen molar-refractivity contribution in [3.8, 4) is 0 Å². The van der Waals surface area contributed by atoms with Crippen molar-refractivity contribution in [2.45, 2.75) is 11.8 Å². The molecule has 0 aliphatic carbocycles. The Bertz CT molecular complexity index is 451. The molecule has 1 aromatic rings. The van der Waals surface area contributed by atoms with Crippen molar-refractivity contribution in [2.75, 3.05) is 6.61 Å². The molecular weight excluding hydrogens is 243 g/mol. The average Bonchev–Trinajstić information content (AvgIpc) is 2.18. The molecule has 0 unspecified atom stereocenters. The maximum atomic E-state index is 11.3. The van der Waals surface area contributed by atoms with E-state index in [0.717, 1.165) is 0 Å². The molecule has 7 heteroatoms. The second-order valence-corrected chi connectivity index (χ2v) is 4.31. The molecule has 1 rings (SSSR count). The van der Waals surface area contributed by atoms with Crippen LogP contribution < -0.4 is 29.6 Å². The van der Waals surface area contributed by atoms with Gasteiger partial charge in [-0.2, -0.15) is 8.42 Å². The fraction of sp³-hybridized carbons (Fsp3) is 0.222. The number of carboxylic acids is 1. The van der Waals surface area contributed by atoms with Crippen molar-refractivity contribution in [3.05, 3.63) is 29.8 Å². The summed E-state index contributed by atoms with van der Waals surface area (Å²) in [7, 11) is -3.75. The molecule has 1 aromatic carbocycles. The summed E-state index contributed by atoms with van der Waals surface area (Å²) < 4.78 is 27.2. The minimum atomic E-state index is -3.75. The molecule has 5 nitrogen and oxygen atoms in total. The van der Waals surface area contributed by atoms with Crippen LogP contribution in [0, 0.1) is 0 Å². The number of aromatic carboxylic acids is 1. The first-order chi connectivity index (χ1) is 6.97. The maximum absolute atomic E-state index is 11.3. The van der Waals surface area contributed by atoms with E-state index in [1.807, 2.05) is 0 Å². The monoisotopic (exact) mass is 253 g/mol. The van der Waals surface area contributed by atoms with E-state index >= 15 is 0 Å². The normalized spacial score (nSPS) is 10.6. The third-order valence-electron chi connectivity index (χ3n) is 1.66. The summed E-state index contributed by atoms with van der Waals surface area (Å²) in [4.78, 5) is 10.5. The van der Waals surface area contributed by atoms with Gasteiger partial charge in [0.25, 0.3) is 10.1 Å². The Morgan fingerprint density at radius 2 is 1.81 bits per heavy atom. The van der Waals surface area contributed by atoms with E-state index in [2.05, 4.69) is 4.18 Å². The molecule has 1 N–H and O–H groups in total. The number of carboxylic acid groups (broad SMARTS) is 1. The third kappa shape index (κ3) is 3.88. The van der Waals surface area contributed by atoms with E-state index in [0.29, 0.717) is 0 Å². The second kappa shape index (κ2) is 6.36. The van der Waals surface area contributed by atoms with Gasteiger partial charge in [-0.05, 0) is 31.2 Å². The predicted octanol–water partition coefficient (Wildman–Crippen LogP) is -1.89. The van der Waals surface area contributed by atoms with Crippen LogP contribution in [0.2, 0.25) is 0 Å². The van der Waals surface area contributed by atoms with Gasteiger partial charge in [0.15, 0.2) is 0 Å². The van der Waals surface area contributed by atoms with E-state index in [-0.39, 0.29) is 46.6 Å². The Morgan fingerprint density at radius 1 is 1.31 bits per heavy atom. The SMILES string of the molecule is CCOS(=O)(=O)c1ccc(C(=O)O)cc1.[Na+]. The summed E-state index contributed by atoms with van der Waals surface area (Å²) in [6, 6.07) is 4.84. The van der Waals surface area contributed by atoms with Crippen molar-refractivity contribution in [3.63, 3.8) is 0 Å². The van der Waals surface area contributed by atoms with Crippen molar-refractivity contribution >= 4 is 16.1 Å². The Labute approximate surface area is 116 Å². The second-order valence-electron chi connectivity index (χ2n) is 2.69. The minimum absolute atomic E-state index is 0. The summed E-state index contributed by atoms with van der Waals surface area (Å²) in [5, 5.41) is 8.60. The Balaban J connectivity index is 0.00000225. The van der Waals surface area contributed by atoms with Crippen LogP contribution in [0.15, 0.2) is 29.2 Å². The van der Waals surface area contributed by atoms with Crippen LogP contribution in [-0.4, -0.2) is 26.1 Å². The molecule has 82 valence electrons. The van der Waals surface area contributed by atoms with Gasteiger partial charge in [-0.1, -0.05) is 0 Å². The van der Waals surface area contributed by atoms with Gasteiger partial charge in [0, 0.05) is 0 Å². The Morgan fingerprint density at radius 3 is 2.19 bits per heavy atom. The van der Waals surface area contributed by atoms with Crippen LogP contribution in [-0.2, 0) is 14.3 Å². The smallest absolute Gasteiger partial charge is 0.478 e. The van der Waals surface area contributed by atoms with E-state index in [4.69, 9.17) is 5.11 Å². The largest absolute Gasteiger partial charge is 1.00 e. The van der Waals surface area contributed by atoms with Crippen molar-refractivity contribution < 1.29 is 52.1 Å². The zero-order chi connectivity index (χ0) is 11.5. The molecule has 0 fully saturated rings. The summed E-state index contributed by atoms with van der Waals surface area (Å²) >= 11 is 0. The first-order valence-corrected chi connectivity index (χ1v) is 5.61. The van der Waals surface area contributed by atoms with Crippen molar-refractivity contribution in [1.29, 1.82) is 0 Å². The standard InChI is InChI=1S/C9H10O5S.Na/c1-2-14-15(12,13)8-5-3-7(4-6-8)9(10)11;/h3-6H,2H2,1H3,(H,10,11);/q;+1. The molecule has 0 amide bonds. The number of hydrogen-bond acceptors (Lipinski definition) is 4. The predicted molar refractivity (Wildman–Crippen MR) is 52.2 cm³/mol. The summed E-state index contributed by atoms with van der Waals surface area (Å²) in [5.74, 6) is -1.10. The third-order valence-corrected chi connectivity index (χ3v) is 3.06. The first-order valence-electron chi connectivity index (χ1n) is 4.20. The molecule has 0 spiro atoms. The molecule has 0 aliphatic heterocycles. The van der Waals surface area contributed by atoms with Crippen molar-refractivity contribution in [1.82, 2.24) is 0 Å². The van der Waals surface area contributed by atoms with Crippen LogP contribution in [0.1, 0.15) is 17.3 Å². The van der Waals surface area contributed by atoms with Gasteiger partial charge in [-0.25, -0.2) is 4.79 Å². The Kier molecular flexibility index (Phi) is 6.20. The number of benzene rings is 1. The fourth-order valence-corrected chi connectivity index (χ4v) is 1.90. The van der Waals surface area contributed by atoms with Gasteiger partial charge in [0.05, 0.1) is 17.1 Å². The molecule has 0 radical (unpaired) electrons. The van der Waals surface area contributed by atoms with Gasteiger partial charge in [0.1, 0.15) is 0 Å². The number of carbonyl (C=O) groups is 1. The van der Waals surface area contributed by atoms with Gasteiger partial charge >= 0.3 is 35.5 Å². The van der Waals surface area contributed by atoms with Crippen LogP contribution in [0.5, 0.6) is 0 Å². The van der Waals surface area contributed by atoms with Gasteiger partial charge in [-0.15, -0.1) is 0 Å². The Hall–Kier alpha value is -0.400. The summed E-state index contributed by atoms with van der Waals surface area (Å²) in [6.45, 7) is 1.60. The van der Waals surface area contributed by atoms with Crippen molar-refractivity contribution in [2.24, 2.45) is 0 Å².